The molecule has 0 amide bonds. The molecule has 4 aromatic rings. The van der Waals surface area contributed by atoms with Crippen molar-refractivity contribution >= 4 is 22.4 Å². The zero-order valence-electron chi connectivity index (χ0n) is 24.1. The highest BCUT2D eigenvalue weighted by molar-refractivity contribution is 6.01. The van der Waals surface area contributed by atoms with Gasteiger partial charge in [-0.15, -0.1) is 0 Å². The van der Waals surface area contributed by atoms with Crippen LogP contribution in [0.2, 0.25) is 0 Å². The molecule has 0 saturated carbocycles. The predicted molar refractivity (Wildman–Crippen MR) is 161 cm³/mol. The fourth-order valence-electron chi connectivity index (χ4n) is 5.41. The van der Waals surface area contributed by atoms with Crippen molar-refractivity contribution in [2.75, 3.05) is 50.1 Å². The first-order valence-electron chi connectivity index (χ1n) is 14.6. The van der Waals surface area contributed by atoms with E-state index in [2.05, 4.69) is 36.1 Å². The summed E-state index contributed by atoms with van der Waals surface area (Å²) >= 11 is 0. The van der Waals surface area contributed by atoms with E-state index in [4.69, 9.17) is 25.2 Å². The monoisotopic (exact) mass is 561 g/mol. The van der Waals surface area contributed by atoms with Crippen molar-refractivity contribution in [2.24, 2.45) is 0 Å². The number of ether oxygens (including phenoxy) is 2. The number of nitrogen functional groups attached to an aromatic ring is 1. The maximum atomic E-state index is 15.2. The van der Waals surface area contributed by atoms with Crippen LogP contribution >= 0.6 is 0 Å². The number of halogens is 1. The highest BCUT2D eigenvalue weighted by atomic mass is 19.1. The van der Waals surface area contributed by atoms with E-state index in [1.807, 2.05) is 22.9 Å². The van der Waals surface area contributed by atoms with Gasteiger partial charge in [0.15, 0.2) is 6.23 Å². The summed E-state index contributed by atoms with van der Waals surface area (Å²) in [5, 5.41) is 8.50. The van der Waals surface area contributed by atoms with E-state index >= 15 is 4.39 Å². The Labute approximate surface area is 240 Å². The van der Waals surface area contributed by atoms with Gasteiger partial charge in [0.05, 0.1) is 24.9 Å². The minimum absolute atomic E-state index is 0.133. The zero-order chi connectivity index (χ0) is 28.8. The van der Waals surface area contributed by atoms with Crippen LogP contribution in [0.25, 0.3) is 33.4 Å². The second kappa shape index (κ2) is 13.4. The summed E-state index contributed by atoms with van der Waals surface area (Å²) in [7, 11) is 0. The Hall–Kier alpha value is -3.60. The molecule has 1 unspecified atom stereocenters. The van der Waals surface area contributed by atoms with Crippen LogP contribution in [0.1, 0.15) is 46.3 Å². The predicted octanol–water partition coefficient (Wildman–Crippen LogP) is 5.42. The van der Waals surface area contributed by atoms with Crippen molar-refractivity contribution in [2.45, 2.75) is 52.3 Å². The van der Waals surface area contributed by atoms with E-state index in [-0.39, 0.29) is 18.1 Å². The molecule has 3 aromatic heterocycles. The molecule has 2 saturated heterocycles. The lowest BCUT2D eigenvalue weighted by molar-refractivity contribution is -0.0383. The molecule has 0 bridgehead atoms. The number of benzene rings is 1. The third-order valence-corrected chi connectivity index (χ3v) is 7.50. The van der Waals surface area contributed by atoms with Gasteiger partial charge in [0, 0.05) is 42.2 Å². The van der Waals surface area contributed by atoms with Gasteiger partial charge >= 0.3 is 0 Å². The van der Waals surface area contributed by atoms with Crippen LogP contribution in [0.15, 0.2) is 48.8 Å². The van der Waals surface area contributed by atoms with Crippen LogP contribution in [-0.2, 0) is 9.47 Å². The number of rotatable bonds is 6. The Bertz CT molecular complexity index is 1450. The van der Waals surface area contributed by atoms with Crippen molar-refractivity contribution < 1.29 is 13.9 Å². The number of hydrogen-bond acceptors (Lipinski definition) is 8. The minimum Gasteiger partial charge on any atom is -0.399 e. The SMILES string of the molecule is CCNCC.C[C@@H]1COCCN1c1cc(-c2ccc(N)cc2F)c2ccnc(-c3ccnn3C3CCCCO3)c2n1. The van der Waals surface area contributed by atoms with Gasteiger partial charge in [-0.05, 0) is 81.2 Å². The number of fused-ring (bicyclic) bond motifs is 1. The molecule has 9 nitrogen and oxygen atoms in total. The summed E-state index contributed by atoms with van der Waals surface area (Å²) in [4.78, 5) is 12.1. The summed E-state index contributed by atoms with van der Waals surface area (Å²) in [6.45, 7) is 11.1. The van der Waals surface area contributed by atoms with E-state index in [0.29, 0.717) is 48.8 Å². The molecule has 2 fully saturated rings. The first kappa shape index (κ1) is 28.9. The van der Waals surface area contributed by atoms with Gasteiger partial charge in [-0.3, -0.25) is 4.98 Å². The lowest BCUT2D eigenvalue weighted by Crippen LogP contribution is -2.44. The quantitative estimate of drug-likeness (QED) is 0.301. The third-order valence-electron chi connectivity index (χ3n) is 7.50. The third kappa shape index (κ3) is 6.34. The molecule has 5 heterocycles. The van der Waals surface area contributed by atoms with Crippen LogP contribution in [0.5, 0.6) is 0 Å². The topological polar surface area (TPSA) is 103 Å². The van der Waals surface area contributed by atoms with Crippen molar-refractivity contribution in [3.05, 3.63) is 54.6 Å². The smallest absolute Gasteiger partial charge is 0.150 e. The molecular formula is C31H40FN7O2. The largest absolute Gasteiger partial charge is 0.399 e. The molecule has 6 rings (SSSR count). The molecule has 3 N–H and O–H groups in total. The Morgan fingerprint density at radius 1 is 1.05 bits per heavy atom. The van der Waals surface area contributed by atoms with E-state index < -0.39 is 0 Å². The molecule has 218 valence electrons. The highest BCUT2D eigenvalue weighted by Gasteiger charge is 2.26. The van der Waals surface area contributed by atoms with Crippen LogP contribution < -0.4 is 16.0 Å². The second-order valence-corrected chi connectivity index (χ2v) is 10.4. The summed E-state index contributed by atoms with van der Waals surface area (Å²) in [5.74, 6) is 0.390. The van der Waals surface area contributed by atoms with Gasteiger partial charge in [-0.2, -0.15) is 5.10 Å². The Morgan fingerprint density at radius 3 is 2.61 bits per heavy atom. The number of nitrogens with two attached hydrogens (primary N) is 1. The molecule has 0 aliphatic carbocycles. The first-order chi connectivity index (χ1) is 20.0. The summed E-state index contributed by atoms with van der Waals surface area (Å²) in [5.41, 5.74) is 9.67. The molecule has 0 spiro atoms. The standard InChI is InChI=1S/C27H29FN6O2.C4H11N/c1-17-16-35-13-11-33(17)24-15-21(19-6-5-18(29)14-22(19)28)20-7-9-30-27(26(20)32-24)23-8-10-31-34(23)25-4-2-3-12-36-25;1-3-5-4-2/h5-10,14-15,17,25H,2-4,11-13,16,29H2,1H3;5H,3-4H2,1-2H3/t17-,25?;/m1./s1. The van der Waals surface area contributed by atoms with E-state index in [1.54, 1.807) is 24.5 Å². The molecule has 2 aliphatic heterocycles. The number of morpholine rings is 1. The lowest BCUT2D eigenvalue weighted by atomic mass is 9.99. The normalized spacial score (nSPS) is 19.2. The maximum Gasteiger partial charge on any atom is 0.150 e. The number of aromatic nitrogens is 4. The Kier molecular flexibility index (Phi) is 9.43. The van der Waals surface area contributed by atoms with Gasteiger partial charge in [-0.25, -0.2) is 14.1 Å². The van der Waals surface area contributed by atoms with Gasteiger partial charge in [0.1, 0.15) is 22.8 Å². The summed E-state index contributed by atoms with van der Waals surface area (Å²) in [6, 6.07) is 10.7. The number of nitrogens with one attached hydrogen (secondary N) is 1. The second-order valence-electron chi connectivity index (χ2n) is 10.4. The van der Waals surface area contributed by atoms with Gasteiger partial charge < -0.3 is 25.4 Å². The van der Waals surface area contributed by atoms with Crippen molar-refractivity contribution in [3.63, 3.8) is 0 Å². The molecule has 2 atom stereocenters. The Balaban J connectivity index is 0.000000623. The van der Waals surface area contributed by atoms with Crippen molar-refractivity contribution in [1.82, 2.24) is 25.1 Å². The molecule has 1 aromatic carbocycles. The van der Waals surface area contributed by atoms with Crippen LogP contribution in [0, 0.1) is 5.82 Å². The van der Waals surface area contributed by atoms with Crippen LogP contribution in [-0.4, -0.2) is 65.2 Å². The molecule has 0 radical (unpaired) electrons. The highest BCUT2D eigenvalue weighted by Crippen LogP contribution is 2.38. The fourth-order valence-corrected chi connectivity index (χ4v) is 5.41. The van der Waals surface area contributed by atoms with E-state index in [0.717, 1.165) is 54.8 Å². The van der Waals surface area contributed by atoms with Crippen LogP contribution in [0.3, 0.4) is 0 Å². The summed E-state index contributed by atoms with van der Waals surface area (Å²) in [6.07, 6.45) is 6.41. The van der Waals surface area contributed by atoms with E-state index in [9.17, 15) is 0 Å². The number of pyridine rings is 2. The molecule has 2 aliphatic rings. The van der Waals surface area contributed by atoms with E-state index in [1.165, 1.54) is 6.07 Å². The van der Waals surface area contributed by atoms with Crippen molar-refractivity contribution in [3.8, 4) is 22.5 Å². The van der Waals surface area contributed by atoms with Gasteiger partial charge in [-0.1, -0.05) is 13.8 Å². The molecular weight excluding hydrogens is 521 g/mol. The Morgan fingerprint density at radius 2 is 1.90 bits per heavy atom. The van der Waals surface area contributed by atoms with Gasteiger partial charge in [0.2, 0.25) is 0 Å². The molecule has 10 heteroatoms. The average Bonchev–Trinajstić information content (AvgIpc) is 3.48. The average molecular weight is 562 g/mol. The maximum absolute atomic E-state index is 15.2. The number of nitrogens with zero attached hydrogens (tertiary/aromatic N) is 5. The van der Waals surface area contributed by atoms with Gasteiger partial charge in [0.25, 0.3) is 0 Å². The summed E-state index contributed by atoms with van der Waals surface area (Å²) < 4.78 is 28.8. The first-order valence-corrected chi connectivity index (χ1v) is 14.6. The number of hydrogen-bond donors (Lipinski definition) is 2. The lowest BCUT2D eigenvalue weighted by Gasteiger charge is -2.34. The molecule has 41 heavy (non-hydrogen) atoms. The minimum atomic E-state index is -0.373. The fraction of sp³-hybridized carbons (Fsp3) is 0.452. The van der Waals surface area contributed by atoms with Crippen LogP contribution in [0.4, 0.5) is 15.9 Å². The number of anilines is 2. The zero-order valence-corrected chi connectivity index (χ0v) is 24.1. The van der Waals surface area contributed by atoms with Crippen molar-refractivity contribution in [1.29, 1.82) is 0 Å².